The van der Waals surface area contributed by atoms with Gasteiger partial charge in [-0.2, -0.15) is 13.2 Å². The summed E-state index contributed by atoms with van der Waals surface area (Å²) in [5.41, 5.74) is 1.37. The number of alkyl halides is 3. The zero-order valence-corrected chi connectivity index (χ0v) is 22.9. The molecule has 5 aromatic rings. The fourth-order valence-electron chi connectivity index (χ4n) is 5.92. The highest BCUT2D eigenvalue weighted by Crippen LogP contribution is 2.49. The summed E-state index contributed by atoms with van der Waals surface area (Å²) in [7, 11) is -2.71. The summed E-state index contributed by atoms with van der Waals surface area (Å²) in [5, 5.41) is 3.10. The number of hydrogen-bond donors (Lipinski definition) is 0. The molecule has 2 unspecified atom stereocenters. The normalized spacial score (nSPS) is 17.6. The highest BCUT2D eigenvalue weighted by Gasteiger charge is 2.40. The van der Waals surface area contributed by atoms with E-state index in [-0.39, 0.29) is 17.2 Å². The molecule has 1 aliphatic carbocycles. The van der Waals surface area contributed by atoms with Crippen molar-refractivity contribution in [1.29, 1.82) is 0 Å². The van der Waals surface area contributed by atoms with Gasteiger partial charge in [-0.3, -0.25) is 0 Å². The zero-order chi connectivity index (χ0) is 28.2. The number of fused-ring (bicyclic) bond motifs is 5. The van der Waals surface area contributed by atoms with Gasteiger partial charge in [0.05, 0.1) is 27.8 Å². The van der Waals surface area contributed by atoms with Crippen molar-refractivity contribution in [2.45, 2.75) is 35.1 Å². The first kappa shape index (κ1) is 26.7. The fraction of sp³-hybridized carbons (Fsp3) is 0.188. The summed E-state index contributed by atoms with van der Waals surface area (Å²) in [5.74, 6) is 0.259. The molecule has 3 nitrogen and oxygen atoms in total. The molecule has 0 fully saturated rings. The molecule has 0 heterocycles. The molecular formula is C32H24ClF3O3S. The van der Waals surface area contributed by atoms with E-state index in [1.807, 2.05) is 54.6 Å². The van der Waals surface area contributed by atoms with E-state index in [0.29, 0.717) is 22.8 Å². The molecular weight excluding hydrogens is 557 g/mol. The summed E-state index contributed by atoms with van der Waals surface area (Å²) in [6.07, 6.45) is -3.90. The fourth-order valence-corrected chi connectivity index (χ4v) is 8.08. The van der Waals surface area contributed by atoms with Gasteiger partial charge < -0.3 is 4.74 Å². The van der Waals surface area contributed by atoms with Crippen molar-refractivity contribution in [2.75, 3.05) is 7.11 Å². The molecule has 204 valence electrons. The molecule has 5 aromatic carbocycles. The van der Waals surface area contributed by atoms with Crippen LogP contribution in [0.3, 0.4) is 0 Å². The van der Waals surface area contributed by atoms with Crippen LogP contribution in [0.15, 0.2) is 95.9 Å². The van der Waals surface area contributed by atoms with E-state index in [9.17, 15) is 21.6 Å². The first-order chi connectivity index (χ1) is 19.1. The molecule has 0 spiro atoms. The van der Waals surface area contributed by atoms with Gasteiger partial charge in [0.1, 0.15) is 5.75 Å². The molecule has 0 amide bonds. The standard InChI is InChI=1S/C32H24ClF3O3S/c1-39-29-16-20(11-14-28(29)33)22-15-21-10-12-26-25-8-3-2-5-19(25)9-13-27(26)31(21)30(17-22)40(37,38)24-7-4-6-23(18-24)32(34,35)36/h2-14,16,18,22,30H,15,17H2,1H3. The average Bonchev–Trinajstić information content (AvgIpc) is 2.96. The third-order valence-corrected chi connectivity index (χ3v) is 10.3. The molecule has 2 atom stereocenters. The van der Waals surface area contributed by atoms with Crippen LogP contribution in [0.25, 0.3) is 21.5 Å². The minimum atomic E-state index is -4.66. The monoisotopic (exact) mass is 580 g/mol. The van der Waals surface area contributed by atoms with Gasteiger partial charge in [0.25, 0.3) is 0 Å². The Labute approximate surface area is 235 Å². The Bertz CT molecular complexity index is 1880. The number of hydrogen-bond acceptors (Lipinski definition) is 3. The van der Waals surface area contributed by atoms with Crippen LogP contribution >= 0.6 is 11.6 Å². The molecule has 0 radical (unpaired) electrons. The topological polar surface area (TPSA) is 43.4 Å². The van der Waals surface area contributed by atoms with Crippen molar-refractivity contribution >= 4 is 43.0 Å². The quantitative estimate of drug-likeness (QED) is 0.199. The molecule has 0 saturated heterocycles. The highest BCUT2D eigenvalue weighted by molar-refractivity contribution is 7.91. The predicted octanol–water partition coefficient (Wildman–Crippen LogP) is 8.92. The number of rotatable bonds is 4. The van der Waals surface area contributed by atoms with E-state index >= 15 is 0 Å². The molecule has 8 heteroatoms. The minimum absolute atomic E-state index is 0.197. The van der Waals surface area contributed by atoms with Crippen LogP contribution in [-0.2, 0) is 22.4 Å². The molecule has 0 aromatic heterocycles. The van der Waals surface area contributed by atoms with Gasteiger partial charge in [0.15, 0.2) is 9.84 Å². The molecule has 0 bridgehead atoms. The second-order valence-electron chi connectivity index (χ2n) is 10.1. The van der Waals surface area contributed by atoms with Crippen molar-refractivity contribution in [3.05, 3.63) is 118 Å². The van der Waals surface area contributed by atoms with Gasteiger partial charge in [-0.15, -0.1) is 0 Å². The van der Waals surface area contributed by atoms with Gasteiger partial charge in [-0.05, 0) is 87.3 Å². The Morgan fingerprint density at radius 3 is 2.40 bits per heavy atom. The lowest BCUT2D eigenvalue weighted by Gasteiger charge is -2.33. The summed E-state index contributed by atoms with van der Waals surface area (Å²) in [6.45, 7) is 0. The lowest BCUT2D eigenvalue weighted by molar-refractivity contribution is -0.137. The maximum Gasteiger partial charge on any atom is 0.416 e. The first-order valence-electron chi connectivity index (χ1n) is 12.8. The van der Waals surface area contributed by atoms with Crippen LogP contribution in [0.2, 0.25) is 5.02 Å². The van der Waals surface area contributed by atoms with Crippen molar-refractivity contribution in [3.8, 4) is 5.75 Å². The summed E-state index contributed by atoms with van der Waals surface area (Å²) < 4.78 is 74.6. The Morgan fingerprint density at radius 2 is 1.62 bits per heavy atom. The smallest absolute Gasteiger partial charge is 0.416 e. The Kier molecular flexibility index (Phi) is 6.55. The lowest BCUT2D eigenvalue weighted by atomic mass is 9.78. The van der Waals surface area contributed by atoms with Gasteiger partial charge in [0.2, 0.25) is 0 Å². The van der Waals surface area contributed by atoms with Crippen molar-refractivity contribution < 1.29 is 26.3 Å². The molecule has 0 aliphatic heterocycles. The van der Waals surface area contributed by atoms with Gasteiger partial charge in [-0.1, -0.05) is 72.3 Å². The average molecular weight is 581 g/mol. The third-order valence-electron chi connectivity index (χ3n) is 7.86. The highest BCUT2D eigenvalue weighted by atomic mass is 35.5. The summed E-state index contributed by atoms with van der Waals surface area (Å²) in [6, 6.07) is 25.1. The zero-order valence-electron chi connectivity index (χ0n) is 21.4. The number of halogens is 4. The van der Waals surface area contributed by atoms with Crippen molar-refractivity contribution in [1.82, 2.24) is 0 Å². The third kappa shape index (κ3) is 4.51. The van der Waals surface area contributed by atoms with Crippen LogP contribution in [0.4, 0.5) is 13.2 Å². The predicted molar refractivity (Wildman–Crippen MR) is 152 cm³/mol. The molecule has 1 aliphatic rings. The number of ether oxygens (including phenoxy) is 1. The number of methoxy groups -OCH3 is 1. The lowest BCUT2D eigenvalue weighted by Crippen LogP contribution is -2.24. The van der Waals surface area contributed by atoms with Gasteiger partial charge in [-0.25, -0.2) is 8.42 Å². The minimum Gasteiger partial charge on any atom is -0.495 e. The molecule has 0 N–H and O–H groups in total. The maximum absolute atomic E-state index is 14.3. The van der Waals surface area contributed by atoms with Gasteiger partial charge >= 0.3 is 6.18 Å². The van der Waals surface area contributed by atoms with Gasteiger partial charge in [0, 0.05) is 0 Å². The van der Waals surface area contributed by atoms with E-state index in [1.165, 1.54) is 13.2 Å². The first-order valence-corrected chi connectivity index (χ1v) is 14.7. The largest absolute Gasteiger partial charge is 0.495 e. The summed E-state index contributed by atoms with van der Waals surface area (Å²) >= 11 is 6.25. The number of benzene rings is 5. The SMILES string of the molecule is COc1cc(C2Cc3ccc4c(ccc5ccccc54)c3C(S(=O)(=O)c3cccc(C(F)(F)F)c3)C2)ccc1Cl. The molecule has 40 heavy (non-hydrogen) atoms. The van der Waals surface area contributed by atoms with E-state index in [0.717, 1.165) is 50.9 Å². The van der Waals surface area contributed by atoms with E-state index in [1.54, 1.807) is 12.1 Å². The van der Waals surface area contributed by atoms with Crippen LogP contribution < -0.4 is 4.74 Å². The van der Waals surface area contributed by atoms with E-state index in [4.69, 9.17) is 16.3 Å². The van der Waals surface area contributed by atoms with Crippen LogP contribution in [0.5, 0.6) is 5.75 Å². The van der Waals surface area contributed by atoms with Crippen LogP contribution in [0.1, 0.15) is 39.8 Å². The van der Waals surface area contributed by atoms with E-state index in [2.05, 4.69) is 0 Å². The Hall–Kier alpha value is -3.55. The Balaban J connectivity index is 1.58. The molecule has 0 saturated carbocycles. The van der Waals surface area contributed by atoms with Crippen molar-refractivity contribution in [3.63, 3.8) is 0 Å². The maximum atomic E-state index is 14.3. The van der Waals surface area contributed by atoms with E-state index < -0.39 is 26.8 Å². The second kappa shape index (κ2) is 9.82. The van der Waals surface area contributed by atoms with Crippen molar-refractivity contribution in [2.24, 2.45) is 0 Å². The van der Waals surface area contributed by atoms with Crippen LogP contribution in [0, 0.1) is 0 Å². The molecule has 6 rings (SSSR count). The van der Waals surface area contributed by atoms with Crippen LogP contribution in [-0.4, -0.2) is 15.5 Å². The number of sulfone groups is 1. The Morgan fingerprint density at radius 1 is 0.850 bits per heavy atom. The second-order valence-corrected chi connectivity index (χ2v) is 12.6. The summed E-state index contributed by atoms with van der Waals surface area (Å²) in [4.78, 5) is -0.342.